The minimum Gasteiger partial charge on any atom is -0.490 e. The summed E-state index contributed by atoms with van der Waals surface area (Å²) in [5.74, 6) is 0.852. The number of pyridine rings is 1. The number of likely N-dealkylation sites (tertiary alicyclic amines) is 1. The Hall–Kier alpha value is -2.10. The number of halogens is 1. The van der Waals surface area contributed by atoms with Crippen molar-refractivity contribution in [1.29, 1.82) is 0 Å². The van der Waals surface area contributed by atoms with Crippen molar-refractivity contribution in [3.05, 3.63) is 71.0 Å². The second kappa shape index (κ2) is 7.65. The number of nitrogens with zero attached hydrogens (tertiary/aromatic N) is 2. The summed E-state index contributed by atoms with van der Waals surface area (Å²) in [6.45, 7) is 5.26. The van der Waals surface area contributed by atoms with Crippen molar-refractivity contribution in [2.75, 3.05) is 13.1 Å². The first-order valence-corrected chi connectivity index (χ1v) is 9.53. The highest BCUT2D eigenvalue weighted by Gasteiger charge is 2.21. The fourth-order valence-electron chi connectivity index (χ4n) is 3.53. The standard InChI is InChI=1S/C22H23ClN2O/c1-16-2-4-17(5-3-16)15-25-10-7-19(8-11-25)26-20-12-18-6-9-24-14-21(18)22(23)13-20/h2-6,9,12-14,19H,7-8,10-11,15H2,1H3. The van der Waals surface area contributed by atoms with Gasteiger partial charge in [-0.2, -0.15) is 0 Å². The molecule has 1 saturated heterocycles. The molecular formula is C22H23ClN2O. The molecule has 26 heavy (non-hydrogen) atoms. The van der Waals surface area contributed by atoms with Crippen LogP contribution in [0.1, 0.15) is 24.0 Å². The van der Waals surface area contributed by atoms with Gasteiger partial charge in [-0.05, 0) is 48.9 Å². The van der Waals surface area contributed by atoms with E-state index in [4.69, 9.17) is 16.3 Å². The van der Waals surface area contributed by atoms with E-state index in [1.807, 2.05) is 12.1 Å². The Morgan fingerprint density at radius 3 is 2.65 bits per heavy atom. The number of hydrogen-bond acceptors (Lipinski definition) is 3. The van der Waals surface area contributed by atoms with Crippen LogP contribution >= 0.6 is 11.6 Å². The van der Waals surface area contributed by atoms with E-state index in [9.17, 15) is 0 Å². The lowest BCUT2D eigenvalue weighted by molar-refractivity contribution is 0.0969. The summed E-state index contributed by atoms with van der Waals surface area (Å²) < 4.78 is 6.23. The van der Waals surface area contributed by atoms with Crippen molar-refractivity contribution in [1.82, 2.24) is 9.88 Å². The van der Waals surface area contributed by atoms with Crippen LogP contribution in [0.15, 0.2) is 54.9 Å². The molecule has 2 aromatic carbocycles. The van der Waals surface area contributed by atoms with Gasteiger partial charge in [0.25, 0.3) is 0 Å². The number of hydrogen-bond donors (Lipinski definition) is 0. The van der Waals surface area contributed by atoms with Gasteiger partial charge < -0.3 is 4.74 Å². The van der Waals surface area contributed by atoms with Crippen LogP contribution < -0.4 is 4.74 Å². The molecule has 0 spiro atoms. The van der Waals surface area contributed by atoms with Crippen molar-refractivity contribution in [3.8, 4) is 5.75 Å². The first-order chi connectivity index (χ1) is 12.7. The van der Waals surface area contributed by atoms with Crippen LogP contribution in [0.4, 0.5) is 0 Å². The van der Waals surface area contributed by atoms with Gasteiger partial charge in [0.1, 0.15) is 11.9 Å². The molecule has 0 radical (unpaired) electrons. The van der Waals surface area contributed by atoms with Crippen LogP contribution in [0, 0.1) is 6.92 Å². The quantitative estimate of drug-likeness (QED) is 0.631. The molecule has 0 saturated carbocycles. The number of benzene rings is 2. The van der Waals surface area contributed by atoms with E-state index in [1.54, 1.807) is 12.4 Å². The molecule has 4 rings (SSSR count). The Labute approximate surface area is 159 Å². The highest BCUT2D eigenvalue weighted by atomic mass is 35.5. The average molecular weight is 367 g/mol. The number of piperidine rings is 1. The maximum absolute atomic E-state index is 6.38. The summed E-state index contributed by atoms with van der Waals surface area (Å²) in [6.07, 6.45) is 5.91. The largest absolute Gasteiger partial charge is 0.490 e. The van der Waals surface area contributed by atoms with Crippen LogP contribution in [-0.4, -0.2) is 29.1 Å². The van der Waals surface area contributed by atoms with Gasteiger partial charge in [0.2, 0.25) is 0 Å². The van der Waals surface area contributed by atoms with Crippen LogP contribution in [-0.2, 0) is 6.54 Å². The van der Waals surface area contributed by atoms with E-state index < -0.39 is 0 Å². The van der Waals surface area contributed by atoms with Crippen molar-refractivity contribution in [3.63, 3.8) is 0 Å². The Kier molecular flexibility index (Phi) is 5.09. The Balaban J connectivity index is 1.36. The molecule has 1 aromatic heterocycles. The maximum Gasteiger partial charge on any atom is 0.121 e. The molecule has 3 aromatic rings. The summed E-state index contributed by atoms with van der Waals surface area (Å²) >= 11 is 6.38. The van der Waals surface area contributed by atoms with E-state index in [0.29, 0.717) is 5.02 Å². The molecule has 134 valence electrons. The van der Waals surface area contributed by atoms with Crippen LogP contribution in [0.25, 0.3) is 10.8 Å². The minimum absolute atomic E-state index is 0.250. The molecule has 1 aliphatic heterocycles. The summed E-state index contributed by atoms with van der Waals surface area (Å²) in [5.41, 5.74) is 2.69. The first-order valence-electron chi connectivity index (χ1n) is 9.15. The molecule has 0 unspecified atom stereocenters. The maximum atomic E-state index is 6.38. The third-order valence-electron chi connectivity index (χ3n) is 5.04. The smallest absolute Gasteiger partial charge is 0.121 e. The molecule has 2 heterocycles. The van der Waals surface area contributed by atoms with Gasteiger partial charge in [0.05, 0.1) is 5.02 Å². The number of ether oxygens (including phenoxy) is 1. The predicted molar refractivity (Wildman–Crippen MR) is 107 cm³/mol. The molecule has 0 aliphatic carbocycles. The van der Waals surface area contributed by atoms with E-state index in [2.05, 4.69) is 47.1 Å². The molecule has 4 heteroatoms. The monoisotopic (exact) mass is 366 g/mol. The van der Waals surface area contributed by atoms with Crippen LogP contribution in [0.3, 0.4) is 0 Å². The van der Waals surface area contributed by atoms with Gasteiger partial charge >= 0.3 is 0 Å². The molecule has 1 fully saturated rings. The molecule has 0 atom stereocenters. The summed E-state index contributed by atoms with van der Waals surface area (Å²) in [5, 5.41) is 2.73. The van der Waals surface area contributed by atoms with Crippen molar-refractivity contribution >= 4 is 22.4 Å². The SMILES string of the molecule is Cc1ccc(CN2CCC(Oc3cc(Cl)c4cnccc4c3)CC2)cc1. The zero-order chi connectivity index (χ0) is 17.9. The second-order valence-corrected chi connectivity index (χ2v) is 7.49. The minimum atomic E-state index is 0.250. The predicted octanol–water partition coefficient (Wildman–Crippen LogP) is 5.24. The summed E-state index contributed by atoms with van der Waals surface area (Å²) in [4.78, 5) is 6.64. The Bertz CT molecular complexity index is 886. The zero-order valence-electron chi connectivity index (χ0n) is 15.0. The summed E-state index contributed by atoms with van der Waals surface area (Å²) in [7, 11) is 0. The second-order valence-electron chi connectivity index (χ2n) is 7.08. The highest BCUT2D eigenvalue weighted by Crippen LogP contribution is 2.30. The lowest BCUT2D eigenvalue weighted by Gasteiger charge is -2.32. The zero-order valence-corrected chi connectivity index (χ0v) is 15.7. The number of aromatic nitrogens is 1. The lowest BCUT2D eigenvalue weighted by atomic mass is 10.1. The van der Waals surface area contributed by atoms with Crippen molar-refractivity contribution < 1.29 is 4.74 Å². The van der Waals surface area contributed by atoms with Gasteiger partial charge in [-0.15, -0.1) is 0 Å². The molecule has 1 aliphatic rings. The van der Waals surface area contributed by atoms with E-state index in [1.165, 1.54) is 11.1 Å². The van der Waals surface area contributed by atoms with Gasteiger partial charge in [-0.1, -0.05) is 41.4 Å². The van der Waals surface area contributed by atoms with Gasteiger partial charge in [-0.25, -0.2) is 0 Å². The number of fused-ring (bicyclic) bond motifs is 1. The fourth-order valence-corrected chi connectivity index (χ4v) is 3.79. The third-order valence-corrected chi connectivity index (χ3v) is 5.36. The van der Waals surface area contributed by atoms with E-state index in [0.717, 1.165) is 49.0 Å². The molecule has 0 bridgehead atoms. The van der Waals surface area contributed by atoms with E-state index >= 15 is 0 Å². The van der Waals surface area contributed by atoms with Crippen LogP contribution in [0.2, 0.25) is 5.02 Å². The molecule has 3 nitrogen and oxygen atoms in total. The Morgan fingerprint density at radius 1 is 1.12 bits per heavy atom. The van der Waals surface area contributed by atoms with Gasteiger partial charge in [0.15, 0.2) is 0 Å². The average Bonchev–Trinajstić information content (AvgIpc) is 2.65. The number of aryl methyl sites for hydroxylation is 1. The number of rotatable bonds is 4. The van der Waals surface area contributed by atoms with E-state index in [-0.39, 0.29) is 6.10 Å². The molecular weight excluding hydrogens is 344 g/mol. The summed E-state index contributed by atoms with van der Waals surface area (Å²) in [6, 6.07) is 14.8. The lowest BCUT2D eigenvalue weighted by Crippen LogP contribution is -2.37. The molecule has 0 amide bonds. The topological polar surface area (TPSA) is 25.4 Å². The highest BCUT2D eigenvalue weighted by molar-refractivity contribution is 6.35. The third kappa shape index (κ3) is 4.00. The fraction of sp³-hybridized carbons (Fsp3) is 0.318. The van der Waals surface area contributed by atoms with Crippen molar-refractivity contribution in [2.45, 2.75) is 32.4 Å². The first kappa shape index (κ1) is 17.3. The van der Waals surface area contributed by atoms with Crippen LogP contribution in [0.5, 0.6) is 5.75 Å². The Morgan fingerprint density at radius 2 is 1.88 bits per heavy atom. The van der Waals surface area contributed by atoms with Gasteiger partial charge in [0, 0.05) is 37.4 Å². The van der Waals surface area contributed by atoms with Crippen molar-refractivity contribution in [2.24, 2.45) is 0 Å². The normalized spacial score (nSPS) is 16.1. The molecule has 0 N–H and O–H groups in total. The van der Waals surface area contributed by atoms with Gasteiger partial charge in [-0.3, -0.25) is 9.88 Å².